The Morgan fingerprint density at radius 1 is 0.413 bits per heavy atom. The summed E-state index contributed by atoms with van der Waals surface area (Å²) in [7, 11) is 0. The van der Waals surface area contributed by atoms with Crippen molar-refractivity contribution in [2.24, 2.45) is 0 Å². The van der Waals surface area contributed by atoms with Gasteiger partial charge >= 0.3 is 0 Å². The third-order valence-electron chi connectivity index (χ3n) is 11.8. The van der Waals surface area contributed by atoms with Crippen molar-refractivity contribution in [2.75, 3.05) is 0 Å². The Hall–Kier alpha value is -2.86. The van der Waals surface area contributed by atoms with E-state index in [4.69, 9.17) is 5.11 Å². The maximum atomic E-state index is 11.9. The minimum atomic E-state index is 0.0359. The Morgan fingerprint density at radius 2 is 0.746 bits per heavy atom. The monoisotopic (exact) mass is 986 g/mol. The third-order valence-corrected chi connectivity index (χ3v) is 12.8. The molecule has 0 aliphatic heterocycles. The predicted octanol–water partition coefficient (Wildman–Crippen LogP) is 17.5. The quantitative estimate of drug-likeness (QED) is 0.207. The molecule has 3 aliphatic rings. The molecule has 348 valence electrons. The van der Waals surface area contributed by atoms with Crippen LogP contribution in [0.1, 0.15) is 207 Å². The van der Waals surface area contributed by atoms with Crippen LogP contribution < -0.4 is 0 Å². The summed E-state index contributed by atoms with van der Waals surface area (Å²) >= 11 is 6.82. The molecule has 0 saturated heterocycles. The van der Waals surface area contributed by atoms with Crippen LogP contribution in [0.4, 0.5) is 0 Å². The van der Waals surface area contributed by atoms with Crippen molar-refractivity contribution in [3.05, 3.63) is 140 Å². The standard InChI is InChI=1S/C16H22O.2C10H13Br.C10H14.C6H12O.C6H10O/c1-16(2,3)13-10-8-12(9-11-13)14-6-4-5-7-15(14)17;2*1-10(2,3)8-4-6-9(11)7-5-8;1-10(2,3)9-7-5-4-6-8-9;2*7-6-4-2-1-3-5-6/h8-11,14H,4-7H2,1-3H3;2*4-7H,1-3H3;4-8H,1-3H3;6-7H,1-5H2;1-5H2. The van der Waals surface area contributed by atoms with Gasteiger partial charge in [-0.3, -0.25) is 9.59 Å². The molecule has 3 fully saturated rings. The number of carbonyl (C=O) groups is 2. The van der Waals surface area contributed by atoms with Crippen molar-refractivity contribution in [1.82, 2.24) is 0 Å². The van der Waals surface area contributed by atoms with Gasteiger partial charge in [0.15, 0.2) is 0 Å². The van der Waals surface area contributed by atoms with E-state index >= 15 is 0 Å². The highest BCUT2D eigenvalue weighted by Gasteiger charge is 2.24. The average Bonchev–Trinajstić information content (AvgIpc) is 3.22. The molecule has 5 heteroatoms. The van der Waals surface area contributed by atoms with Crippen molar-refractivity contribution in [1.29, 1.82) is 0 Å². The molecule has 1 unspecified atom stereocenters. The Morgan fingerprint density at radius 3 is 1.05 bits per heavy atom. The van der Waals surface area contributed by atoms with Crippen molar-refractivity contribution < 1.29 is 14.7 Å². The van der Waals surface area contributed by atoms with Crippen LogP contribution in [0.3, 0.4) is 0 Å². The molecular weight excluding hydrogens is 904 g/mol. The summed E-state index contributed by atoms with van der Waals surface area (Å²) in [6.07, 6.45) is 15.2. The molecular formula is C58H84Br2O3. The fourth-order valence-electron chi connectivity index (χ4n) is 7.42. The minimum absolute atomic E-state index is 0.0359. The van der Waals surface area contributed by atoms with Crippen LogP contribution in [0.2, 0.25) is 0 Å². The number of ketones is 2. The van der Waals surface area contributed by atoms with Crippen LogP contribution in [0.5, 0.6) is 0 Å². The number of benzene rings is 4. The van der Waals surface area contributed by atoms with Crippen LogP contribution >= 0.6 is 31.9 Å². The molecule has 0 heterocycles. The van der Waals surface area contributed by atoms with Gasteiger partial charge in [0.2, 0.25) is 0 Å². The van der Waals surface area contributed by atoms with Crippen LogP contribution in [0.25, 0.3) is 0 Å². The van der Waals surface area contributed by atoms with E-state index < -0.39 is 0 Å². The lowest BCUT2D eigenvalue weighted by molar-refractivity contribution is -0.122. The normalized spacial score (nSPS) is 17.0. The molecule has 0 radical (unpaired) electrons. The molecule has 1 N–H and O–H groups in total. The van der Waals surface area contributed by atoms with Gasteiger partial charge in [-0.2, -0.15) is 0 Å². The Kier molecular flexibility index (Phi) is 24.6. The van der Waals surface area contributed by atoms with Crippen molar-refractivity contribution in [2.45, 2.75) is 207 Å². The molecule has 0 bridgehead atoms. The van der Waals surface area contributed by atoms with Crippen LogP contribution in [-0.2, 0) is 31.2 Å². The van der Waals surface area contributed by atoms with Crippen LogP contribution in [-0.4, -0.2) is 22.8 Å². The van der Waals surface area contributed by atoms with E-state index in [9.17, 15) is 9.59 Å². The number of Topliss-reactive ketones (excluding diaryl/α,β-unsaturated/α-hetero) is 2. The van der Waals surface area contributed by atoms with E-state index in [1.807, 2.05) is 0 Å². The lowest BCUT2D eigenvalue weighted by Gasteiger charge is -2.23. The van der Waals surface area contributed by atoms with E-state index in [1.54, 1.807) is 0 Å². The molecule has 0 aromatic heterocycles. The number of aliphatic hydroxyl groups excluding tert-OH is 1. The van der Waals surface area contributed by atoms with E-state index in [1.165, 1.54) is 59.9 Å². The second-order valence-electron chi connectivity index (χ2n) is 21.7. The highest BCUT2D eigenvalue weighted by Crippen LogP contribution is 2.32. The first-order valence-electron chi connectivity index (χ1n) is 23.8. The number of halogens is 2. The first kappa shape index (κ1) is 56.3. The van der Waals surface area contributed by atoms with Gasteiger partial charge in [0.1, 0.15) is 11.6 Å². The Labute approximate surface area is 402 Å². The zero-order chi connectivity index (χ0) is 47.3. The fourth-order valence-corrected chi connectivity index (χ4v) is 7.94. The number of hydrogen-bond acceptors (Lipinski definition) is 3. The molecule has 1 atom stereocenters. The first-order chi connectivity index (χ1) is 29.4. The van der Waals surface area contributed by atoms with Gasteiger partial charge in [0.25, 0.3) is 0 Å². The van der Waals surface area contributed by atoms with Gasteiger partial charge in [-0.1, -0.05) is 226 Å². The average molecular weight is 989 g/mol. The SMILES string of the molecule is CC(C)(C)c1ccc(Br)cc1.CC(C)(C)c1ccc(Br)cc1.CC(C)(C)c1ccc(C2CCCCC2=O)cc1.CC(C)(C)c1ccccc1.O=C1CCCCC1.OC1CCCCC1. The van der Waals surface area contributed by atoms with Gasteiger partial charge in [0.05, 0.1) is 6.10 Å². The van der Waals surface area contributed by atoms with Crippen molar-refractivity contribution >= 4 is 43.4 Å². The molecule has 3 aliphatic carbocycles. The van der Waals surface area contributed by atoms with Gasteiger partial charge in [-0.25, -0.2) is 0 Å². The first-order valence-corrected chi connectivity index (χ1v) is 25.4. The summed E-state index contributed by atoms with van der Waals surface area (Å²) < 4.78 is 2.29. The second-order valence-corrected chi connectivity index (χ2v) is 23.5. The van der Waals surface area contributed by atoms with Crippen LogP contribution in [0, 0.1) is 0 Å². The van der Waals surface area contributed by atoms with E-state index in [-0.39, 0.29) is 28.3 Å². The summed E-state index contributed by atoms with van der Waals surface area (Å²) in [5, 5.41) is 8.91. The second kappa shape index (κ2) is 27.6. The van der Waals surface area contributed by atoms with Crippen LogP contribution in [0.15, 0.2) is 112 Å². The lowest BCUT2D eigenvalue weighted by Crippen LogP contribution is -2.17. The van der Waals surface area contributed by atoms with Gasteiger partial charge in [0, 0.05) is 34.1 Å². The molecule has 0 spiro atoms. The number of aliphatic hydroxyl groups is 1. The lowest BCUT2D eigenvalue weighted by atomic mass is 9.81. The predicted molar refractivity (Wildman–Crippen MR) is 279 cm³/mol. The van der Waals surface area contributed by atoms with E-state index in [0.29, 0.717) is 17.0 Å². The molecule has 4 aromatic rings. The Bertz CT molecular complexity index is 1780. The summed E-state index contributed by atoms with van der Waals surface area (Å²) in [5.41, 5.74) is 7.71. The number of carbonyl (C=O) groups excluding carboxylic acids is 2. The maximum Gasteiger partial charge on any atom is 0.140 e. The van der Waals surface area contributed by atoms with E-state index in [0.717, 1.165) is 66.7 Å². The molecule has 0 amide bonds. The topological polar surface area (TPSA) is 54.4 Å². The van der Waals surface area contributed by atoms with Gasteiger partial charge in [-0.05, 0) is 112 Å². The molecule has 4 aromatic carbocycles. The molecule has 3 nitrogen and oxygen atoms in total. The molecule has 7 rings (SSSR count). The Balaban J connectivity index is 0.000000267. The molecule has 3 saturated carbocycles. The highest BCUT2D eigenvalue weighted by atomic mass is 79.9. The fraction of sp³-hybridized carbons (Fsp3) is 0.552. The van der Waals surface area contributed by atoms with Crippen molar-refractivity contribution in [3.8, 4) is 0 Å². The number of rotatable bonds is 1. The smallest absolute Gasteiger partial charge is 0.140 e. The zero-order valence-corrected chi connectivity index (χ0v) is 44.6. The largest absolute Gasteiger partial charge is 0.393 e. The molecule has 63 heavy (non-hydrogen) atoms. The third kappa shape index (κ3) is 23.8. The van der Waals surface area contributed by atoms with Gasteiger partial charge in [-0.15, -0.1) is 0 Å². The minimum Gasteiger partial charge on any atom is -0.393 e. The summed E-state index contributed by atoms with van der Waals surface area (Å²) in [6, 6.07) is 36.2. The number of hydrogen-bond donors (Lipinski definition) is 1. The van der Waals surface area contributed by atoms with E-state index in [2.05, 4.69) is 218 Å². The maximum absolute atomic E-state index is 11.9. The summed E-state index contributed by atoms with van der Waals surface area (Å²) in [5.74, 6) is 1.06. The summed E-state index contributed by atoms with van der Waals surface area (Å²) in [6.45, 7) is 26.6. The summed E-state index contributed by atoms with van der Waals surface area (Å²) in [4.78, 5) is 22.3. The van der Waals surface area contributed by atoms with Crippen molar-refractivity contribution in [3.63, 3.8) is 0 Å². The van der Waals surface area contributed by atoms with Gasteiger partial charge < -0.3 is 5.11 Å². The highest BCUT2D eigenvalue weighted by molar-refractivity contribution is 9.10. The zero-order valence-electron chi connectivity index (χ0n) is 41.4.